The maximum Gasteiger partial charge on any atom is 0.232 e. The fourth-order valence-corrected chi connectivity index (χ4v) is 5.24. The van der Waals surface area contributed by atoms with Gasteiger partial charge in [0.05, 0.1) is 0 Å². The first-order valence-corrected chi connectivity index (χ1v) is 13.2. The van der Waals surface area contributed by atoms with Crippen molar-refractivity contribution < 1.29 is 4.74 Å². The van der Waals surface area contributed by atoms with Gasteiger partial charge in [-0.3, -0.25) is 0 Å². The summed E-state index contributed by atoms with van der Waals surface area (Å²) in [6.45, 7) is 11.9. The Bertz CT molecular complexity index is 942. The largest absolute Gasteiger partial charge is 0.385 e. The van der Waals surface area contributed by atoms with Crippen LogP contribution in [0.2, 0.25) is 0 Å². The topological polar surface area (TPSA) is 68.8 Å². The molecule has 1 aromatic heterocycles. The number of rotatable bonds is 8. The lowest BCUT2D eigenvalue weighted by molar-refractivity contribution is 0.196. The van der Waals surface area contributed by atoms with Crippen molar-refractivity contribution in [2.24, 2.45) is 11.8 Å². The summed E-state index contributed by atoms with van der Waals surface area (Å²) < 4.78 is 5.12. The summed E-state index contributed by atoms with van der Waals surface area (Å²) in [4.78, 5) is 17.0. The molecule has 0 radical (unpaired) electrons. The average Bonchev–Trinajstić information content (AvgIpc) is 2.86. The van der Waals surface area contributed by atoms with Crippen LogP contribution in [0.5, 0.6) is 0 Å². The first kappa shape index (κ1) is 25.4. The maximum absolute atomic E-state index is 5.52. The fourth-order valence-electron chi connectivity index (χ4n) is 5.05. The number of nitrogens with one attached hydrogen (secondary N) is 2. The van der Waals surface area contributed by atoms with Crippen LogP contribution in [-0.2, 0) is 4.74 Å². The summed E-state index contributed by atoms with van der Waals surface area (Å²) in [6, 6.07) is 12.8. The molecule has 0 bridgehead atoms. The van der Waals surface area contributed by atoms with Crippen molar-refractivity contribution >= 4 is 40.6 Å². The number of ether oxygens (including phenoxy) is 1. The van der Waals surface area contributed by atoms with Gasteiger partial charge in [0.1, 0.15) is 11.6 Å². The molecule has 2 saturated heterocycles. The minimum Gasteiger partial charge on any atom is -0.385 e. The van der Waals surface area contributed by atoms with Crippen LogP contribution in [0, 0.1) is 11.8 Å². The molecule has 2 fully saturated rings. The second kappa shape index (κ2) is 12.4. The number of benzene rings is 1. The van der Waals surface area contributed by atoms with Gasteiger partial charge in [-0.05, 0) is 49.0 Å². The Balaban J connectivity index is 1.49. The Kier molecular flexibility index (Phi) is 8.98. The highest BCUT2D eigenvalue weighted by Crippen LogP contribution is 2.29. The Hall–Kier alpha value is -2.65. The molecule has 1 aromatic carbocycles. The lowest BCUT2D eigenvalue weighted by Crippen LogP contribution is -2.47. The molecule has 0 unspecified atom stereocenters. The van der Waals surface area contributed by atoms with E-state index in [1.54, 1.807) is 7.11 Å². The molecule has 35 heavy (non-hydrogen) atoms. The van der Waals surface area contributed by atoms with Gasteiger partial charge in [0.15, 0.2) is 5.11 Å². The predicted molar refractivity (Wildman–Crippen MR) is 149 cm³/mol. The van der Waals surface area contributed by atoms with E-state index in [4.69, 9.17) is 26.9 Å². The summed E-state index contributed by atoms with van der Waals surface area (Å²) >= 11 is 5.52. The summed E-state index contributed by atoms with van der Waals surface area (Å²) in [6.07, 6.45) is 2.15. The second-order valence-corrected chi connectivity index (χ2v) is 10.2. The Labute approximate surface area is 215 Å². The third-order valence-corrected chi connectivity index (χ3v) is 6.90. The van der Waals surface area contributed by atoms with Gasteiger partial charge < -0.3 is 30.1 Å². The number of aromatic nitrogens is 2. The molecule has 2 aromatic rings. The number of nitrogens with zero attached hydrogens (tertiary/aromatic N) is 5. The molecule has 2 aliphatic rings. The first-order valence-electron chi connectivity index (χ1n) is 12.7. The number of anilines is 4. The van der Waals surface area contributed by atoms with E-state index in [0.29, 0.717) is 29.5 Å². The highest BCUT2D eigenvalue weighted by Gasteiger charge is 2.25. The molecule has 0 amide bonds. The van der Waals surface area contributed by atoms with Crippen LogP contribution in [0.15, 0.2) is 36.4 Å². The van der Waals surface area contributed by atoms with Crippen LogP contribution >= 0.6 is 12.2 Å². The normalized spacial score (nSPS) is 20.6. The molecular weight excluding hydrogens is 458 g/mol. The van der Waals surface area contributed by atoms with Gasteiger partial charge in [-0.2, -0.15) is 9.97 Å². The minimum atomic E-state index is 0.540. The summed E-state index contributed by atoms with van der Waals surface area (Å²) in [5, 5.41) is 7.00. The van der Waals surface area contributed by atoms with Crippen molar-refractivity contribution in [1.29, 1.82) is 0 Å². The van der Waals surface area contributed by atoms with E-state index in [0.717, 1.165) is 63.9 Å². The Morgan fingerprint density at radius 3 is 2.26 bits per heavy atom. The summed E-state index contributed by atoms with van der Waals surface area (Å²) in [7, 11) is 1.71. The zero-order valence-electron chi connectivity index (χ0n) is 21.2. The van der Waals surface area contributed by atoms with Crippen molar-refractivity contribution in [1.82, 2.24) is 15.3 Å². The van der Waals surface area contributed by atoms with E-state index in [9.17, 15) is 0 Å². The average molecular weight is 498 g/mol. The number of piperazine rings is 1. The first-order chi connectivity index (χ1) is 17.0. The van der Waals surface area contributed by atoms with Gasteiger partial charge in [-0.15, -0.1) is 0 Å². The van der Waals surface area contributed by atoms with Gasteiger partial charge >= 0.3 is 0 Å². The molecular formula is C26H39N7OS. The minimum absolute atomic E-state index is 0.540. The molecule has 9 heteroatoms. The van der Waals surface area contributed by atoms with Crippen molar-refractivity contribution in [3.63, 3.8) is 0 Å². The van der Waals surface area contributed by atoms with Crippen LogP contribution in [-0.4, -0.2) is 74.6 Å². The van der Waals surface area contributed by atoms with Crippen LogP contribution in [0.1, 0.15) is 26.7 Å². The monoisotopic (exact) mass is 497 g/mol. The van der Waals surface area contributed by atoms with E-state index >= 15 is 0 Å². The van der Waals surface area contributed by atoms with E-state index in [1.165, 1.54) is 12.1 Å². The SMILES string of the molecule is COCCCNC(=S)Nc1nc(N2CCN(c3ccccc3)CC2)cc(N2C[C@H](C)C[C@@H](C)C2)n1. The maximum atomic E-state index is 5.52. The Morgan fingerprint density at radius 1 is 0.971 bits per heavy atom. The smallest absolute Gasteiger partial charge is 0.232 e. The zero-order chi connectivity index (χ0) is 24.6. The van der Waals surface area contributed by atoms with Crippen molar-refractivity contribution in [2.75, 3.05) is 79.5 Å². The molecule has 8 nitrogen and oxygen atoms in total. The van der Waals surface area contributed by atoms with Crippen LogP contribution in [0.3, 0.4) is 0 Å². The highest BCUT2D eigenvalue weighted by atomic mass is 32.1. The van der Waals surface area contributed by atoms with Crippen LogP contribution in [0.4, 0.5) is 23.3 Å². The van der Waals surface area contributed by atoms with E-state index in [-0.39, 0.29) is 0 Å². The highest BCUT2D eigenvalue weighted by molar-refractivity contribution is 7.80. The number of thiocarbonyl (C=S) groups is 1. The van der Waals surface area contributed by atoms with Gasteiger partial charge in [-0.25, -0.2) is 0 Å². The molecule has 4 rings (SSSR count). The van der Waals surface area contributed by atoms with E-state index < -0.39 is 0 Å². The molecule has 3 heterocycles. The number of hydrogen-bond donors (Lipinski definition) is 2. The van der Waals surface area contributed by atoms with Gasteiger partial charge in [0.2, 0.25) is 5.95 Å². The molecule has 2 aliphatic heterocycles. The quantitative estimate of drug-likeness (QED) is 0.420. The van der Waals surface area contributed by atoms with Gasteiger partial charge in [0, 0.05) is 71.3 Å². The molecule has 0 aliphatic carbocycles. The van der Waals surface area contributed by atoms with Crippen molar-refractivity contribution in [3.8, 4) is 0 Å². The number of methoxy groups -OCH3 is 1. The predicted octanol–water partition coefficient (Wildman–Crippen LogP) is 3.61. The summed E-state index contributed by atoms with van der Waals surface area (Å²) in [5.41, 5.74) is 1.28. The molecule has 2 N–H and O–H groups in total. The third-order valence-electron chi connectivity index (χ3n) is 6.65. The molecule has 190 valence electrons. The lowest BCUT2D eigenvalue weighted by atomic mass is 9.92. The summed E-state index contributed by atoms with van der Waals surface area (Å²) in [5.74, 6) is 3.78. The van der Waals surface area contributed by atoms with E-state index in [1.807, 2.05) is 0 Å². The van der Waals surface area contributed by atoms with Crippen molar-refractivity contribution in [2.45, 2.75) is 26.7 Å². The van der Waals surface area contributed by atoms with Crippen molar-refractivity contribution in [3.05, 3.63) is 36.4 Å². The molecule has 0 spiro atoms. The zero-order valence-corrected chi connectivity index (χ0v) is 22.1. The van der Waals surface area contributed by atoms with Crippen LogP contribution in [0.25, 0.3) is 0 Å². The second-order valence-electron chi connectivity index (χ2n) is 9.80. The number of para-hydroxylation sites is 1. The van der Waals surface area contributed by atoms with Gasteiger partial charge in [0.25, 0.3) is 0 Å². The number of hydrogen-bond acceptors (Lipinski definition) is 7. The van der Waals surface area contributed by atoms with E-state index in [2.05, 4.69) is 75.6 Å². The molecule has 0 saturated carbocycles. The number of piperidine rings is 1. The van der Waals surface area contributed by atoms with Crippen LogP contribution < -0.4 is 25.3 Å². The molecule has 2 atom stereocenters. The third kappa shape index (κ3) is 7.18. The standard InChI is InChI=1S/C26H39N7OS/c1-20-16-21(2)19-33(18-20)24-17-23(28-25(29-24)30-26(35)27-10-7-15-34-3)32-13-11-31(12-14-32)22-8-5-4-6-9-22/h4-6,8-9,17,20-21H,7,10-16,18-19H2,1-3H3,(H2,27,28,29,30,35)/t20-,21-/m1/s1. The lowest BCUT2D eigenvalue weighted by Gasteiger charge is -2.38. The fraction of sp³-hybridized carbons (Fsp3) is 0.577. The van der Waals surface area contributed by atoms with Gasteiger partial charge in [-0.1, -0.05) is 32.0 Å². The Morgan fingerprint density at radius 2 is 1.60 bits per heavy atom.